The number of guanidine groups is 1. The van der Waals surface area contributed by atoms with Gasteiger partial charge in [0.15, 0.2) is 17.6 Å². The van der Waals surface area contributed by atoms with Crippen molar-refractivity contribution in [3.63, 3.8) is 0 Å². The van der Waals surface area contributed by atoms with Crippen LogP contribution in [0.4, 0.5) is 10.2 Å². The molecule has 2 aromatic rings. The maximum absolute atomic E-state index is 13.9. The number of aryl methyl sites for hydroxylation is 2. The van der Waals surface area contributed by atoms with Crippen LogP contribution in [0.3, 0.4) is 0 Å². The van der Waals surface area contributed by atoms with Gasteiger partial charge in [-0.1, -0.05) is 6.07 Å². The zero-order valence-electron chi connectivity index (χ0n) is 17.1. The van der Waals surface area contributed by atoms with Crippen LogP contribution in [0.25, 0.3) is 0 Å². The van der Waals surface area contributed by atoms with Gasteiger partial charge in [0.25, 0.3) is 0 Å². The Morgan fingerprint density at radius 2 is 2.07 bits per heavy atom. The number of nitrogens with one attached hydrogen (secondary N) is 2. The van der Waals surface area contributed by atoms with Crippen molar-refractivity contribution in [1.82, 2.24) is 15.6 Å². The lowest BCUT2D eigenvalue weighted by atomic mass is 10.1. The number of ether oxygens (including phenoxy) is 1. The first-order valence-electron chi connectivity index (χ1n) is 9.59. The lowest BCUT2D eigenvalue weighted by Crippen LogP contribution is -2.45. The molecule has 1 aromatic heterocycles. The summed E-state index contributed by atoms with van der Waals surface area (Å²) in [6, 6.07) is 9.43. The molecule has 2 N–H and O–H groups in total. The summed E-state index contributed by atoms with van der Waals surface area (Å²) in [6.07, 6.45) is 2.52. The van der Waals surface area contributed by atoms with Crippen molar-refractivity contribution in [3.05, 3.63) is 53.5 Å². The molecule has 0 aliphatic carbocycles. The monoisotopic (exact) mass is 513 g/mol. The van der Waals surface area contributed by atoms with Crippen molar-refractivity contribution in [1.29, 1.82) is 0 Å². The molecule has 158 valence electrons. The Morgan fingerprint density at radius 1 is 1.31 bits per heavy atom. The summed E-state index contributed by atoms with van der Waals surface area (Å²) in [4.78, 5) is 10.4. The van der Waals surface area contributed by atoms with Crippen molar-refractivity contribution >= 4 is 35.8 Å². The Kier molecular flexibility index (Phi) is 8.94. The molecule has 1 unspecified atom stereocenters. The number of nitrogens with zero attached hydrogens (tertiary/aromatic N) is 3. The Bertz CT molecular complexity index is 812. The van der Waals surface area contributed by atoms with Gasteiger partial charge in [0.05, 0.1) is 6.54 Å². The largest absolute Gasteiger partial charge is 0.492 e. The van der Waals surface area contributed by atoms with Crippen LogP contribution in [0.5, 0.6) is 5.75 Å². The normalized spacial score (nSPS) is 16.3. The number of aliphatic imine (C=N–C) groups is 1. The van der Waals surface area contributed by atoms with Crippen LogP contribution in [0.2, 0.25) is 0 Å². The molecular formula is C21H29FIN5O. The van der Waals surface area contributed by atoms with Gasteiger partial charge in [0.1, 0.15) is 12.4 Å². The first kappa shape index (κ1) is 23.2. The number of pyridine rings is 1. The molecule has 8 heteroatoms. The van der Waals surface area contributed by atoms with E-state index >= 15 is 0 Å². The van der Waals surface area contributed by atoms with E-state index in [1.807, 2.05) is 17.0 Å². The van der Waals surface area contributed by atoms with E-state index in [0.29, 0.717) is 25.5 Å². The highest BCUT2D eigenvalue weighted by molar-refractivity contribution is 14.0. The molecule has 0 spiro atoms. The smallest absolute Gasteiger partial charge is 0.191 e. The van der Waals surface area contributed by atoms with Gasteiger partial charge >= 0.3 is 0 Å². The highest BCUT2D eigenvalue weighted by Crippen LogP contribution is 2.20. The van der Waals surface area contributed by atoms with Crippen molar-refractivity contribution in [2.75, 3.05) is 38.2 Å². The molecule has 1 aliphatic rings. The number of hydrogen-bond acceptors (Lipinski definition) is 4. The molecule has 2 heterocycles. The Balaban J connectivity index is 0.00000300. The molecule has 1 atom stereocenters. The number of benzene rings is 1. The van der Waals surface area contributed by atoms with Crippen LogP contribution in [0.15, 0.2) is 41.5 Å². The summed E-state index contributed by atoms with van der Waals surface area (Å²) < 4.78 is 19.7. The minimum Gasteiger partial charge on any atom is -0.492 e. The third kappa shape index (κ3) is 6.73. The lowest BCUT2D eigenvalue weighted by molar-refractivity contribution is 0.321. The minimum absolute atomic E-state index is 0. The number of aromatic nitrogens is 1. The van der Waals surface area contributed by atoms with E-state index < -0.39 is 0 Å². The van der Waals surface area contributed by atoms with E-state index in [4.69, 9.17) is 4.74 Å². The third-order valence-corrected chi connectivity index (χ3v) is 4.65. The van der Waals surface area contributed by atoms with E-state index in [-0.39, 0.29) is 35.8 Å². The van der Waals surface area contributed by atoms with Gasteiger partial charge in [0, 0.05) is 32.4 Å². The van der Waals surface area contributed by atoms with Gasteiger partial charge in [-0.3, -0.25) is 4.99 Å². The second-order valence-corrected chi connectivity index (χ2v) is 7.06. The molecule has 0 amide bonds. The average molecular weight is 513 g/mol. The van der Waals surface area contributed by atoms with E-state index in [0.717, 1.165) is 24.7 Å². The first-order valence-corrected chi connectivity index (χ1v) is 9.59. The number of anilines is 1. The van der Waals surface area contributed by atoms with E-state index in [2.05, 4.69) is 40.5 Å². The Labute approximate surface area is 189 Å². The summed E-state index contributed by atoms with van der Waals surface area (Å²) in [5.74, 6) is 1.73. The molecule has 0 bridgehead atoms. The van der Waals surface area contributed by atoms with Crippen LogP contribution in [-0.4, -0.2) is 50.3 Å². The lowest BCUT2D eigenvalue weighted by Gasteiger charge is -2.20. The summed E-state index contributed by atoms with van der Waals surface area (Å²) in [5.41, 5.74) is 2.38. The van der Waals surface area contributed by atoms with Crippen LogP contribution in [0.1, 0.15) is 17.5 Å². The summed E-state index contributed by atoms with van der Waals surface area (Å²) in [5, 5.41) is 6.66. The quantitative estimate of drug-likeness (QED) is 0.269. The molecule has 0 radical (unpaired) electrons. The predicted octanol–water partition coefficient (Wildman–Crippen LogP) is 3.28. The number of hydrogen-bond donors (Lipinski definition) is 2. The van der Waals surface area contributed by atoms with Gasteiger partial charge in [-0.15, -0.1) is 24.0 Å². The molecule has 29 heavy (non-hydrogen) atoms. The molecule has 3 rings (SSSR count). The zero-order chi connectivity index (χ0) is 19.9. The second kappa shape index (κ2) is 11.2. The predicted molar refractivity (Wildman–Crippen MR) is 126 cm³/mol. The van der Waals surface area contributed by atoms with E-state index in [1.165, 1.54) is 17.2 Å². The fourth-order valence-electron chi connectivity index (χ4n) is 3.42. The Morgan fingerprint density at radius 3 is 2.76 bits per heavy atom. The topological polar surface area (TPSA) is 61.8 Å². The molecule has 1 saturated heterocycles. The molecular weight excluding hydrogens is 484 g/mol. The van der Waals surface area contributed by atoms with E-state index in [9.17, 15) is 4.39 Å². The van der Waals surface area contributed by atoms with Crippen LogP contribution in [0, 0.1) is 19.7 Å². The summed E-state index contributed by atoms with van der Waals surface area (Å²) >= 11 is 0. The maximum Gasteiger partial charge on any atom is 0.191 e. The molecule has 0 saturated carbocycles. The molecule has 1 aliphatic heterocycles. The molecule has 1 fully saturated rings. The average Bonchev–Trinajstić information content (AvgIpc) is 3.12. The second-order valence-electron chi connectivity index (χ2n) is 7.06. The van der Waals surface area contributed by atoms with Crippen LogP contribution in [-0.2, 0) is 0 Å². The van der Waals surface area contributed by atoms with Gasteiger partial charge < -0.3 is 20.3 Å². The minimum atomic E-state index is -0.283. The van der Waals surface area contributed by atoms with Crippen LogP contribution >= 0.6 is 24.0 Å². The maximum atomic E-state index is 13.9. The van der Waals surface area contributed by atoms with Crippen LogP contribution < -0.4 is 20.3 Å². The van der Waals surface area contributed by atoms with Crippen molar-refractivity contribution in [2.24, 2.45) is 4.99 Å². The molecule has 6 nitrogen and oxygen atoms in total. The molecule has 1 aromatic carbocycles. The van der Waals surface area contributed by atoms with Gasteiger partial charge in [-0.25, -0.2) is 9.37 Å². The standard InChI is InChI=1S/C21H28FN5O.HI/c1-15-11-16(2)13-18(12-15)28-10-8-25-21(23-3)26-17-6-9-27(14-17)20-19(22)5-4-7-24-20;/h4-5,7,11-13,17H,6,8-10,14H2,1-3H3,(H2,23,25,26);1H. The third-order valence-electron chi connectivity index (χ3n) is 4.65. The highest BCUT2D eigenvalue weighted by Gasteiger charge is 2.25. The van der Waals surface area contributed by atoms with Gasteiger partial charge in [-0.2, -0.15) is 0 Å². The summed E-state index contributed by atoms with van der Waals surface area (Å²) in [7, 11) is 1.74. The zero-order valence-corrected chi connectivity index (χ0v) is 19.4. The van der Waals surface area contributed by atoms with Crippen molar-refractivity contribution < 1.29 is 9.13 Å². The number of halogens is 2. The first-order chi connectivity index (χ1) is 13.5. The van der Waals surface area contributed by atoms with Crippen molar-refractivity contribution in [2.45, 2.75) is 26.3 Å². The highest BCUT2D eigenvalue weighted by atomic mass is 127. The van der Waals surface area contributed by atoms with Gasteiger partial charge in [0.2, 0.25) is 0 Å². The fourth-order valence-corrected chi connectivity index (χ4v) is 3.42. The Hall–Kier alpha value is -2.10. The van der Waals surface area contributed by atoms with E-state index in [1.54, 1.807) is 19.3 Å². The number of rotatable bonds is 6. The summed E-state index contributed by atoms with van der Waals surface area (Å²) in [6.45, 7) is 6.75. The van der Waals surface area contributed by atoms with Crippen molar-refractivity contribution in [3.8, 4) is 5.75 Å². The fraction of sp³-hybridized carbons (Fsp3) is 0.429. The van der Waals surface area contributed by atoms with Gasteiger partial charge in [-0.05, 0) is 55.7 Å². The SMILES string of the molecule is CN=C(NCCOc1cc(C)cc(C)c1)NC1CCN(c2ncccc2F)C1.I.